The number of anilines is 1. The largest absolute Gasteiger partial charge is 0.399 e. The monoisotopic (exact) mass is 263 g/mol. The first-order valence-electron chi connectivity index (χ1n) is 5.63. The molecule has 2 aromatic rings. The fourth-order valence-electron chi connectivity index (χ4n) is 1.85. The normalized spacial score (nSPS) is 10.6. The molecule has 0 radical (unpaired) electrons. The van der Waals surface area contributed by atoms with Crippen LogP contribution in [0.5, 0.6) is 0 Å². The van der Waals surface area contributed by atoms with Crippen molar-refractivity contribution in [2.24, 2.45) is 7.05 Å². The Hall–Kier alpha value is -1.81. The summed E-state index contributed by atoms with van der Waals surface area (Å²) in [5.74, 6) is -0.0116. The Morgan fingerprint density at radius 3 is 2.89 bits per heavy atom. The minimum Gasteiger partial charge on any atom is -0.399 e. The lowest BCUT2D eigenvalue weighted by Gasteiger charge is -2.03. The zero-order valence-corrected chi connectivity index (χ0v) is 10.8. The standard InChI is InChI=1S/C13H14ClN3O/c1-17-13(11(14)8-16-17)12(18)6-5-9-3-2-4-10(15)7-9/h2-4,7-8H,5-6,15H2,1H3. The van der Waals surface area contributed by atoms with Gasteiger partial charge in [0.05, 0.1) is 11.2 Å². The molecule has 0 amide bonds. The topological polar surface area (TPSA) is 60.9 Å². The summed E-state index contributed by atoms with van der Waals surface area (Å²) in [6.07, 6.45) is 2.52. The van der Waals surface area contributed by atoms with Gasteiger partial charge in [-0.2, -0.15) is 5.10 Å². The molecule has 0 unspecified atom stereocenters. The van der Waals surface area contributed by atoms with Crippen LogP contribution in [0, 0.1) is 0 Å². The van der Waals surface area contributed by atoms with Gasteiger partial charge in [0.25, 0.3) is 0 Å². The lowest BCUT2D eigenvalue weighted by atomic mass is 10.1. The van der Waals surface area contributed by atoms with Crippen molar-refractivity contribution in [2.45, 2.75) is 12.8 Å². The van der Waals surface area contributed by atoms with Gasteiger partial charge in [-0.15, -0.1) is 0 Å². The van der Waals surface area contributed by atoms with E-state index in [4.69, 9.17) is 17.3 Å². The van der Waals surface area contributed by atoms with Crippen molar-refractivity contribution in [2.75, 3.05) is 5.73 Å². The average Bonchev–Trinajstić information content (AvgIpc) is 2.66. The van der Waals surface area contributed by atoms with Crippen molar-refractivity contribution in [3.05, 3.63) is 46.7 Å². The van der Waals surface area contributed by atoms with Crippen molar-refractivity contribution in [1.29, 1.82) is 0 Å². The van der Waals surface area contributed by atoms with Gasteiger partial charge in [-0.3, -0.25) is 9.48 Å². The Bertz CT molecular complexity index is 558. The molecule has 2 N–H and O–H groups in total. The van der Waals surface area contributed by atoms with E-state index in [-0.39, 0.29) is 5.78 Å². The number of halogens is 1. The zero-order chi connectivity index (χ0) is 13.1. The first-order valence-corrected chi connectivity index (χ1v) is 6.01. The van der Waals surface area contributed by atoms with Crippen molar-refractivity contribution in [1.82, 2.24) is 9.78 Å². The van der Waals surface area contributed by atoms with E-state index in [1.807, 2.05) is 24.3 Å². The van der Waals surface area contributed by atoms with Crippen LogP contribution in [0.25, 0.3) is 0 Å². The zero-order valence-electron chi connectivity index (χ0n) is 10.1. The predicted molar refractivity (Wildman–Crippen MR) is 71.7 cm³/mol. The number of Topliss-reactive ketones (excluding diaryl/α,β-unsaturated/α-hetero) is 1. The molecule has 0 aliphatic rings. The third-order valence-electron chi connectivity index (χ3n) is 2.75. The maximum absolute atomic E-state index is 12.0. The molecule has 0 spiro atoms. The summed E-state index contributed by atoms with van der Waals surface area (Å²) >= 11 is 5.92. The predicted octanol–water partition coefficient (Wildman–Crippen LogP) is 2.47. The molecule has 18 heavy (non-hydrogen) atoms. The summed E-state index contributed by atoms with van der Waals surface area (Å²) in [4.78, 5) is 12.0. The van der Waals surface area contributed by atoms with Gasteiger partial charge in [-0.25, -0.2) is 0 Å². The van der Waals surface area contributed by atoms with Gasteiger partial charge < -0.3 is 5.73 Å². The number of aryl methyl sites for hydroxylation is 2. The summed E-state index contributed by atoms with van der Waals surface area (Å²) in [6.45, 7) is 0. The minimum absolute atomic E-state index is 0.0116. The van der Waals surface area contributed by atoms with E-state index in [0.717, 1.165) is 5.56 Å². The highest BCUT2D eigenvalue weighted by Crippen LogP contribution is 2.17. The summed E-state index contributed by atoms with van der Waals surface area (Å²) in [5.41, 5.74) is 7.90. The van der Waals surface area contributed by atoms with Crippen LogP contribution in [0.1, 0.15) is 22.5 Å². The minimum atomic E-state index is -0.0116. The number of ketones is 1. The molecule has 0 saturated heterocycles. The number of carbonyl (C=O) groups excluding carboxylic acids is 1. The van der Waals surface area contributed by atoms with Gasteiger partial charge in [0.2, 0.25) is 0 Å². The second-order valence-electron chi connectivity index (χ2n) is 4.13. The number of nitrogens with two attached hydrogens (primary N) is 1. The summed E-state index contributed by atoms with van der Waals surface area (Å²) in [7, 11) is 1.71. The third-order valence-corrected chi connectivity index (χ3v) is 3.03. The lowest BCUT2D eigenvalue weighted by Crippen LogP contribution is -2.08. The Balaban J connectivity index is 2.05. The van der Waals surface area contributed by atoms with Crippen molar-refractivity contribution < 1.29 is 4.79 Å². The van der Waals surface area contributed by atoms with Gasteiger partial charge in [0.1, 0.15) is 5.69 Å². The molecular formula is C13H14ClN3O. The van der Waals surface area contributed by atoms with Crippen molar-refractivity contribution in [3.8, 4) is 0 Å². The van der Waals surface area contributed by atoms with Gasteiger partial charge in [0.15, 0.2) is 5.78 Å². The average molecular weight is 264 g/mol. The highest BCUT2D eigenvalue weighted by molar-refractivity contribution is 6.33. The van der Waals surface area contributed by atoms with E-state index in [2.05, 4.69) is 5.10 Å². The van der Waals surface area contributed by atoms with Crippen LogP contribution in [0.3, 0.4) is 0 Å². The molecule has 4 nitrogen and oxygen atoms in total. The fraction of sp³-hybridized carbons (Fsp3) is 0.231. The molecule has 0 fully saturated rings. The molecule has 1 aromatic heterocycles. The Kier molecular flexibility index (Phi) is 3.67. The van der Waals surface area contributed by atoms with Gasteiger partial charge in [0, 0.05) is 19.2 Å². The number of hydrogen-bond donors (Lipinski definition) is 1. The Morgan fingerprint density at radius 2 is 2.28 bits per heavy atom. The van der Waals surface area contributed by atoms with Crippen LogP contribution >= 0.6 is 11.6 Å². The molecule has 94 valence electrons. The maximum Gasteiger partial charge on any atom is 0.182 e. The van der Waals surface area contributed by atoms with Crippen LogP contribution in [0.4, 0.5) is 5.69 Å². The van der Waals surface area contributed by atoms with E-state index < -0.39 is 0 Å². The highest BCUT2D eigenvalue weighted by atomic mass is 35.5. The van der Waals surface area contributed by atoms with Gasteiger partial charge >= 0.3 is 0 Å². The fourth-order valence-corrected chi connectivity index (χ4v) is 2.12. The molecular weight excluding hydrogens is 250 g/mol. The molecule has 0 aliphatic heterocycles. The van der Waals surface area contributed by atoms with Gasteiger partial charge in [-0.1, -0.05) is 23.7 Å². The molecule has 0 bridgehead atoms. The number of nitrogen functional groups attached to an aromatic ring is 1. The summed E-state index contributed by atoms with van der Waals surface area (Å²) in [6, 6.07) is 7.53. The second kappa shape index (κ2) is 5.23. The third kappa shape index (κ3) is 2.71. The van der Waals surface area contributed by atoms with Crippen molar-refractivity contribution >= 4 is 23.1 Å². The molecule has 2 rings (SSSR count). The summed E-state index contributed by atoms with van der Waals surface area (Å²) in [5, 5.41) is 4.35. The summed E-state index contributed by atoms with van der Waals surface area (Å²) < 4.78 is 1.50. The number of rotatable bonds is 4. The lowest BCUT2D eigenvalue weighted by molar-refractivity contribution is 0.0974. The molecule has 1 heterocycles. The number of benzene rings is 1. The Labute approximate surface area is 110 Å². The first-order chi connectivity index (χ1) is 8.58. The van der Waals surface area contributed by atoms with E-state index in [0.29, 0.717) is 29.2 Å². The van der Waals surface area contributed by atoms with Crippen LogP contribution < -0.4 is 5.73 Å². The van der Waals surface area contributed by atoms with Gasteiger partial charge in [-0.05, 0) is 24.1 Å². The first kappa shape index (κ1) is 12.6. The molecule has 0 saturated carbocycles. The number of nitrogens with zero attached hydrogens (tertiary/aromatic N) is 2. The smallest absolute Gasteiger partial charge is 0.182 e. The molecule has 0 atom stereocenters. The van der Waals surface area contributed by atoms with Crippen molar-refractivity contribution in [3.63, 3.8) is 0 Å². The quantitative estimate of drug-likeness (QED) is 0.681. The van der Waals surface area contributed by atoms with Crippen LogP contribution in [-0.4, -0.2) is 15.6 Å². The van der Waals surface area contributed by atoms with E-state index in [9.17, 15) is 4.79 Å². The number of aromatic nitrogens is 2. The van der Waals surface area contributed by atoms with Crippen LogP contribution in [0.2, 0.25) is 5.02 Å². The molecule has 1 aromatic carbocycles. The van der Waals surface area contributed by atoms with Crippen LogP contribution in [0.15, 0.2) is 30.5 Å². The second-order valence-corrected chi connectivity index (χ2v) is 4.54. The van der Waals surface area contributed by atoms with Crippen LogP contribution in [-0.2, 0) is 13.5 Å². The van der Waals surface area contributed by atoms with E-state index >= 15 is 0 Å². The number of carbonyl (C=O) groups is 1. The van der Waals surface area contributed by atoms with E-state index in [1.54, 1.807) is 7.05 Å². The number of hydrogen-bond acceptors (Lipinski definition) is 3. The SMILES string of the molecule is Cn1ncc(Cl)c1C(=O)CCc1cccc(N)c1. The van der Waals surface area contributed by atoms with E-state index in [1.165, 1.54) is 10.9 Å². The Morgan fingerprint density at radius 1 is 1.50 bits per heavy atom. The molecule has 0 aliphatic carbocycles. The maximum atomic E-state index is 12.0. The molecule has 5 heteroatoms. The highest BCUT2D eigenvalue weighted by Gasteiger charge is 2.15.